The minimum atomic E-state index is -1.14. The number of non-ortho nitro benzene ring substituents is 1. The topological polar surface area (TPSA) is 113 Å². The summed E-state index contributed by atoms with van der Waals surface area (Å²) in [6, 6.07) is 3.60. The van der Waals surface area contributed by atoms with Gasteiger partial charge in [-0.15, -0.1) is 0 Å². The predicted octanol–water partition coefficient (Wildman–Crippen LogP) is 1.01. The van der Waals surface area contributed by atoms with Gasteiger partial charge in [-0.05, 0) is 12.5 Å². The van der Waals surface area contributed by atoms with Gasteiger partial charge in [0.25, 0.3) is 5.69 Å². The van der Waals surface area contributed by atoms with Crippen molar-refractivity contribution < 1.29 is 19.6 Å². The van der Waals surface area contributed by atoms with Crippen molar-refractivity contribution in [3.05, 3.63) is 33.9 Å². The quantitative estimate of drug-likeness (QED) is 0.632. The Morgan fingerprint density at radius 3 is 2.76 bits per heavy atom. The highest BCUT2D eigenvalue weighted by Gasteiger charge is 2.27. The summed E-state index contributed by atoms with van der Waals surface area (Å²) in [5.41, 5.74) is 0.173. The maximum absolute atomic E-state index is 11.3. The Kier molecular flexibility index (Phi) is 4.06. The van der Waals surface area contributed by atoms with Gasteiger partial charge in [0.2, 0.25) is 5.91 Å². The van der Waals surface area contributed by atoms with Gasteiger partial charge in [-0.1, -0.05) is 0 Å². The number of hydrogen-bond donors (Lipinski definition) is 2. The van der Waals surface area contributed by atoms with Crippen molar-refractivity contribution >= 4 is 23.3 Å². The monoisotopic (exact) mass is 293 g/mol. The van der Waals surface area contributed by atoms with Crippen molar-refractivity contribution in [1.29, 1.82) is 0 Å². The van der Waals surface area contributed by atoms with Gasteiger partial charge >= 0.3 is 5.97 Å². The first kappa shape index (κ1) is 14.8. The van der Waals surface area contributed by atoms with Gasteiger partial charge in [0.15, 0.2) is 0 Å². The minimum absolute atomic E-state index is 0.0177. The molecule has 1 aliphatic rings. The van der Waals surface area contributed by atoms with E-state index in [1.807, 2.05) is 0 Å². The zero-order valence-electron chi connectivity index (χ0n) is 11.4. The van der Waals surface area contributed by atoms with E-state index in [2.05, 4.69) is 5.32 Å². The minimum Gasteiger partial charge on any atom is -0.478 e. The first-order chi connectivity index (χ1) is 9.88. The van der Waals surface area contributed by atoms with Gasteiger partial charge in [0.1, 0.15) is 0 Å². The summed E-state index contributed by atoms with van der Waals surface area (Å²) in [5, 5.41) is 22.8. The zero-order valence-corrected chi connectivity index (χ0v) is 11.4. The van der Waals surface area contributed by atoms with Crippen LogP contribution in [0.4, 0.5) is 11.4 Å². The Labute approximate surface area is 120 Å². The Morgan fingerprint density at radius 1 is 1.48 bits per heavy atom. The second kappa shape index (κ2) is 5.78. The lowest BCUT2D eigenvalue weighted by Crippen LogP contribution is -2.35. The molecule has 1 heterocycles. The second-order valence-electron chi connectivity index (χ2n) is 4.90. The van der Waals surface area contributed by atoms with E-state index in [9.17, 15) is 24.8 Å². The van der Waals surface area contributed by atoms with Crippen LogP contribution in [0.3, 0.4) is 0 Å². The molecular formula is C13H15N3O5. The maximum atomic E-state index is 11.3. The smallest absolute Gasteiger partial charge is 0.337 e. The Morgan fingerprint density at radius 2 is 2.19 bits per heavy atom. The molecule has 112 valence electrons. The number of benzene rings is 1. The van der Waals surface area contributed by atoms with Gasteiger partial charge < -0.3 is 15.3 Å². The summed E-state index contributed by atoms with van der Waals surface area (Å²) < 4.78 is 0. The van der Waals surface area contributed by atoms with E-state index in [1.54, 1.807) is 4.90 Å². The third-order valence-electron chi connectivity index (χ3n) is 3.36. The van der Waals surface area contributed by atoms with Crippen molar-refractivity contribution in [3.8, 4) is 0 Å². The lowest BCUT2D eigenvalue weighted by Gasteiger charge is -2.20. The molecule has 1 aromatic carbocycles. The number of nitro groups is 1. The van der Waals surface area contributed by atoms with Gasteiger partial charge in [-0.25, -0.2) is 4.79 Å². The van der Waals surface area contributed by atoms with Crippen LogP contribution < -0.4 is 10.2 Å². The van der Waals surface area contributed by atoms with Crippen LogP contribution >= 0.6 is 0 Å². The van der Waals surface area contributed by atoms with Crippen molar-refractivity contribution in [2.24, 2.45) is 0 Å². The molecule has 0 bridgehead atoms. The zero-order chi connectivity index (χ0) is 15.6. The van der Waals surface area contributed by atoms with E-state index in [0.717, 1.165) is 0 Å². The summed E-state index contributed by atoms with van der Waals surface area (Å²) in [6.45, 7) is 2.38. The molecule has 0 aliphatic carbocycles. The first-order valence-corrected chi connectivity index (χ1v) is 6.42. The van der Waals surface area contributed by atoms with E-state index in [1.165, 1.54) is 25.1 Å². The molecule has 0 radical (unpaired) electrons. The third-order valence-corrected chi connectivity index (χ3v) is 3.36. The number of nitro benzene ring substituents is 1. The van der Waals surface area contributed by atoms with E-state index in [-0.39, 0.29) is 23.2 Å². The number of nitrogens with one attached hydrogen (secondary N) is 1. The molecule has 0 saturated carbocycles. The molecule has 1 saturated heterocycles. The third kappa shape index (κ3) is 3.28. The summed E-state index contributed by atoms with van der Waals surface area (Å²) in [7, 11) is 0. The average Bonchev–Trinajstić information content (AvgIpc) is 2.85. The number of carboxylic acids is 1. The largest absolute Gasteiger partial charge is 0.478 e. The van der Waals surface area contributed by atoms with E-state index >= 15 is 0 Å². The normalized spacial score (nSPS) is 17.6. The number of carbonyl (C=O) groups is 2. The summed E-state index contributed by atoms with van der Waals surface area (Å²) in [6.07, 6.45) is 0.668. The highest BCUT2D eigenvalue weighted by Crippen LogP contribution is 2.29. The first-order valence-electron chi connectivity index (χ1n) is 6.42. The fourth-order valence-electron chi connectivity index (χ4n) is 2.46. The van der Waals surface area contributed by atoms with Crippen LogP contribution in [-0.2, 0) is 4.79 Å². The van der Waals surface area contributed by atoms with E-state index in [4.69, 9.17) is 0 Å². The Hall–Kier alpha value is -2.64. The molecule has 0 aromatic heterocycles. The van der Waals surface area contributed by atoms with Crippen molar-refractivity contribution in [2.45, 2.75) is 19.4 Å². The van der Waals surface area contributed by atoms with Crippen LogP contribution in [0.15, 0.2) is 18.2 Å². The Bertz CT molecular complexity index is 601. The van der Waals surface area contributed by atoms with Gasteiger partial charge in [0.05, 0.1) is 16.2 Å². The highest BCUT2D eigenvalue weighted by atomic mass is 16.6. The summed E-state index contributed by atoms with van der Waals surface area (Å²) in [5.74, 6) is -1.29. The number of hydrogen-bond acceptors (Lipinski definition) is 5. The van der Waals surface area contributed by atoms with Gasteiger partial charge in [-0.3, -0.25) is 14.9 Å². The lowest BCUT2D eigenvalue weighted by atomic mass is 10.1. The predicted molar refractivity (Wildman–Crippen MR) is 74.5 cm³/mol. The molecule has 8 nitrogen and oxygen atoms in total. The molecule has 1 amide bonds. The molecule has 2 rings (SSSR count). The molecule has 2 N–H and O–H groups in total. The van der Waals surface area contributed by atoms with Crippen molar-refractivity contribution in [3.63, 3.8) is 0 Å². The summed E-state index contributed by atoms with van der Waals surface area (Å²) in [4.78, 5) is 34.3. The number of amides is 1. The van der Waals surface area contributed by atoms with Crippen molar-refractivity contribution in [2.75, 3.05) is 18.0 Å². The number of carbonyl (C=O) groups excluding carboxylic acids is 1. The van der Waals surface area contributed by atoms with E-state index in [0.29, 0.717) is 25.2 Å². The maximum Gasteiger partial charge on any atom is 0.337 e. The summed E-state index contributed by atoms with van der Waals surface area (Å²) >= 11 is 0. The van der Waals surface area contributed by atoms with E-state index < -0.39 is 10.9 Å². The number of nitrogens with zero attached hydrogens (tertiary/aromatic N) is 2. The van der Waals surface area contributed by atoms with Gasteiger partial charge in [0, 0.05) is 38.2 Å². The van der Waals surface area contributed by atoms with Crippen LogP contribution in [0.5, 0.6) is 0 Å². The number of carboxylic acid groups (broad SMARTS) is 1. The molecule has 1 fully saturated rings. The molecule has 0 spiro atoms. The molecular weight excluding hydrogens is 278 g/mol. The van der Waals surface area contributed by atoms with Crippen LogP contribution in [-0.4, -0.2) is 41.0 Å². The molecule has 8 heteroatoms. The molecule has 1 aromatic rings. The molecule has 1 unspecified atom stereocenters. The standard InChI is InChI=1S/C13H15N3O5/c1-8(17)14-9-4-5-15(7-9)12-6-10(16(20)21)2-3-11(12)13(18)19/h2-3,6,9H,4-5,7H2,1H3,(H,14,17)(H,18,19). The van der Waals surface area contributed by atoms with Crippen molar-refractivity contribution in [1.82, 2.24) is 5.32 Å². The number of rotatable bonds is 4. The van der Waals surface area contributed by atoms with Gasteiger partial charge in [-0.2, -0.15) is 0 Å². The Balaban J connectivity index is 2.29. The molecule has 21 heavy (non-hydrogen) atoms. The lowest BCUT2D eigenvalue weighted by molar-refractivity contribution is -0.384. The molecule has 1 aliphatic heterocycles. The highest BCUT2D eigenvalue weighted by molar-refractivity contribution is 5.95. The number of anilines is 1. The average molecular weight is 293 g/mol. The fourth-order valence-corrected chi connectivity index (χ4v) is 2.46. The van der Waals surface area contributed by atoms with Crippen LogP contribution in [0, 0.1) is 10.1 Å². The number of aromatic carboxylic acids is 1. The fraction of sp³-hybridized carbons (Fsp3) is 0.385. The van der Waals surface area contributed by atoms with Crippen LogP contribution in [0.2, 0.25) is 0 Å². The van der Waals surface area contributed by atoms with Crippen LogP contribution in [0.1, 0.15) is 23.7 Å². The van der Waals surface area contributed by atoms with Crippen LogP contribution in [0.25, 0.3) is 0 Å². The SMILES string of the molecule is CC(=O)NC1CCN(c2cc([N+](=O)[O-])ccc2C(=O)O)C1. The molecule has 1 atom stereocenters. The second-order valence-corrected chi connectivity index (χ2v) is 4.90.